The Morgan fingerprint density at radius 1 is 0.542 bits per heavy atom. The molecule has 24 heavy (non-hydrogen) atoms. The molecule has 0 aliphatic rings. The van der Waals surface area contributed by atoms with Crippen LogP contribution < -0.4 is 12.3 Å². The molecule has 0 amide bonds. The molecule has 0 radical (unpaired) electrons. The average molecular weight is 333 g/mol. The summed E-state index contributed by atoms with van der Waals surface area (Å²) < 4.78 is 2.06. The van der Waals surface area contributed by atoms with E-state index in [9.17, 15) is 0 Å². The van der Waals surface area contributed by atoms with Gasteiger partial charge in [-0.15, -0.1) is 0 Å². The van der Waals surface area contributed by atoms with Crippen LogP contribution in [0.25, 0.3) is 0 Å². The van der Waals surface area contributed by atoms with Crippen LogP contribution in [0.5, 0.6) is 0 Å². The van der Waals surface area contributed by atoms with Crippen molar-refractivity contribution in [2.75, 3.05) is 41.3 Å². The monoisotopic (exact) mass is 332 g/mol. The zero-order valence-electron chi connectivity index (χ0n) is 15.9. The van der Waals surface area contributed by atoms with Gasteiger partial charge in [0.1, 0.15) is 26.2 Å². The molecule has 134 valence electrons. The molecule has 2 aromatic rings. The van der Waals surface area contributed by atoms with E-state index in [2.05, 4.69) is 88.9 Å². The summed E-state index contributed by atoms with van der Waals surface area (Å²) in [6.45, 7) is 4.53. The highest BCUT2D eigenvalue weighted by atomic mass is 15.4. The van der Waals surface area contributed by atoms with E-state index in [1.165, 1.54) is 24.2 Å². The van der Waals surface area contributed by atoms with E-state index >= 15 is 0 Å². The number of likely N-dealkylation sites (N-methyl/N-ethyl adjacent to an activating group) is 2. The molecular weight excluding hydrogens is 296 g/mol. The van der Waals surface area contributed by atoms with Crippen LogP contribution in [0, 0.1) is 0 Å². The van der Waals surface area contributed by atoms with Gasteiger partial charge < -0.3 is 21.3 Å². The van der Waals surface area contributed by atoms with Crippen LogP contribution in [0.15, 0.2) is 60.7 Å². The third kappa shape index (κ3) is 7.70. The average Bonchev–Trinajstić information content (AvgIpc) is 2.47. The maximum Gasteiger partial charge on any atom is 0.128 e. The van der Waals surface area contributed by atoms with Gasteiger partial charge in [-0.2, -0.15) is 0 Å². The lowest BCUT2D eigenvalue weighted by atomic mass is 10.2. The van der Waals surface area contributed by atoms with Gasteiger partial charge in [0.05, 0.1) is 28.2 Å². The van der Waals surface area contributed by atoms with Crippen LogP contribution in [-0.2, 0) is 13.1 Å². The maximum atomic E-state index is 2.33. The molecular formula is C20H36N4+2. The fraction of sp³-hybridized carbons (Fsp3) is 0.400. The van der Waals surface area contributed by atoms with E-state index in [0.717, 1.165) is 22.1 Å². The second kappa shape index (κ2) is 9.55. The van der Waals surface area contributed by atoms with Gasteiger partial charge in [-0.3, -0.25) is 0 Å². The van der Waals surface area contributed by atoms with Crippen molar-refractivity contribution in [2.45, 2.75) is 13.1 Å². The van der Waals surface area contributed by atoms with E-state index in [1.807, 2.05) is 0 Å². The first kappa shape index (κ1) is 22.3. The Morgan fingerprint density at radius 3 is 1.12 bits per heavy atom. The third-order valence-corrected chi connectivity index (χ3v) is 4.22. The van der Waals surface area contributed by atoms with Gasteiger partial charge in [-0.05, 0) is 0 Å². The Hall–Kier alpha value is -1.72. The number of hydrogen-bond acceptors (Lipinski definition) is 2. The molecule has 0 aliphatic heterocycles. The Labute approximate surface area is 148 Å². The topological polar surface area (TPSA) is 70.0 Å². The van der Waals surface area contributed by atoms with Crippen LogP contribution in [0.3, 0.4) is 0 Å². The lowest BCUT2D eigenvalue weighted by Gasteiger charge is -2.35. The first-order valence-corrected chi connectivity index (χ1v) is 8.08. The minimum absolute atomic E-state index is 0. The highest BCUT2D eigenvalue weighted by molar-refractivity contribution is 5.14. The maximum absolute atomic E-state index is 2.33. The van der Waals surface area contributed by atoms with Gasteiger partial charge in [0, 0.05) is 11.1 Å². The highest BCUT2D eigenvalue weighted by Crippen LogP contribution is 2.13. The smallest absolute Gasteiger partial charge is 0.128 e. The lowest BCUT2D eigenvalue weighted by molar-refractivity contribution is -0.958. The molecule has 0 aliphatic carbocycles. The van der Waals surface area contributed by atoms with Gasteiger partial charge in [0.15, 0.2) is 0 Å². The molecule has 0 aromatic heterocycles. The van der Waals surface area contributed by atoms with Gasteiger partial charge in [0.25, 0.3) is 0 Å². The van der Waals surface area contributed by atoms with E-state index in [4.69, 9.17) is 0 Å². The predicted molar refractivity (Wildman–Crippen MR) is 104 cm³/mol. The lowest BCUT2D eigenvalue weighted by Crippen LogP contribution is -2.49. The summed E-state index contributed by atoms with van der Waals surface area (Å²) >= 11 is 0. The summed E-state index contributed by atoms with van der Waals surface area (Å²) in [5, 5.41) is 0. The van der Waals surface area contributed by atoms with Crippen molar-refractivity contribution >= 4 is 0 Å². The SMILES string of the molecule is C[N+](C)(CC[N+](C)(C)Cc1ccccc1)Cc1ccccc1.N.N. The van der Waals surface area contributed by atoms with Gasteiger partial charge in [0.2, 0.25) is 0 Å². The van der Waals surface area contributed by atoms with Gasteiger partial charge in [-0.1, -0.05) is 60.7 Å². The van der Waals surface area contributed by atoms with Crippen molar-refractivity contribution in [3.63, 3.8) is 0 Å². The largest absolute Gasteiger partial charge is 0.344 e. The molecule has 4 heteroatoms. The first-order valence-electron chi connectivity index (χ1n) is 8.08. The van der Waals surface area contributed by atoms with Crippen molar-refractivity contribution in [3.05, 3.63) is 71.8 Å². The fourth-order valence-electron chi connectivity index (χ4n) is 2.85. The fourth-order valence-corrected chi connectivity index (χ4v) is 2.85. The standard InChI is InChI=1S/C20H30N2.2H3N/c1-21(2,17-19-11-7-5-8-12-19)15-16-22(3,4)18-20-13-9-6-10-14-20;;/h5-14H,15-18H2,1-4H3;2*1H3/q+2;;. The number of nitrogens with zero attached hydrogens (tertiary/aromatic N) is 2. The van der Waals surface area contributed by atoms with Gasteiger partial charge in [-0.25, -0.2) is 0 Å². The Balaban J connectivity index is 0.00000264. The third-order valence-electron chi connectivity index (χ3n) is 4.22. The number of rotatable bonds is 7. The molecule has 0 heterocycles. The molecule has 0 atom stereocenters. The highest BCUT2D eigenvalue weighted by Gasteiger charge is 2.23. The summed E-state index contributed by atoms with van der Waals surface area (Å²) in [5.74, 6) is 0. The zero-order valence-corrected chi connectivity index (χ0v) is 15.9. The van der Waals surface area contributed by atoms with E-state index in [0.29, 0.717) is 0 Å². The van der Waals surface area contributed by atoms with Crippen molar-refractivity contribution in [2.24, 2.45) is 0 Å². The molecule has 2 aromatic carbocycles. The summed E-state index contributed by atoms with van der Waals surface area (Å²) in [6.07, 6.45) is 0. The number of benzene rings is 2. The molecule has 0 saturated heterocycles. The zero-order chi connectivity index (χ0) is 16.1. The molecule has 6 N–H and O–H groups in total. The van der Waals surface area contributed by atoms with Crippen molar-refractivity contribution < 1.29 is 8.97 Å². The molecule has 0 bridgehead atoms. The van der Waals surface area contributed by atoms with Gasteiger partial charge >= 0.3 is 0 Å². The second-order valence-corrected chi connectivity index (χ2v) is 7.61. The van der Waals surface area contributed by atoms with Crippen LogP contribution in [0.1, 0.15) is 11.1 Å². The molecule has 2 rings (SSSR count). The quantitative estimate of drug-likeness (QED) is 0.756. The molecule has 0 unspecified atom stereocenters. The van der Waals surface area contributed by atoms with Crippen LogP contribution in [0.4, 0.5) is 0 Å². The molecule has 4 nitrogen and oxygen atoms in total. The Bertz CT molecular complexity index is 511. The second-order valence-electron chi connectivity index (χ2n) is 7.61. The summed E-state index contributed by atoms with van der Waals surface area (Å²) in [5.41, 5.74) is 2.83. The van der Waals surface area contributed by atoms with E-state index in [1.54, 1.807) is 0 Å². The minimum Gasteiger partial charge on any atom is -0.344 e. The minimum atomic E-state index is 0. The Morgan fingerprint density at radius 2 is 0.833 bits per heavy atom. The molecule has 0 spiro atoms. The van der Waals surface area contributed by atoms with Crippen LogP contribution in [-0.4, -0.2) is 50.2 Å². The molecule has 0 saturated carbocycles. The Kier molecular flexibility index (Phi) is 8.86. The number of quaternary nitrogens is 2. The van der Waals surface area contributed by atoms with Crippen molar-refractivity contribution in [1.82, 2.24) is 12.3 Å². The summed E-state index contributed by atoms with van der Waals surface area (Å²) in [4.78, 5) is 0. The van der Waals surface area contributed by atoms with E-state index in [-0.39, 0.29) is 12.3 Å². The van der Waals surface area contributed by atoms with Crippen molar-refractivity contribution in [3.8, 4) is 0 Å². The summed E-state index contributed by atoms with van der Waals surface area (Å²) in [6, 6.07) is 21.6. The predicted octanol–water partition coefficient (Wildman–Crippen LogP) is 3.86. The number of hydrogen-bond donors (Lipinski definition) is 2. The first-order chi connectivity index (χ1) is 10.4. The van der Waals surface area contributed by atoms with Crippen LogP contribution in [0.2, 0.25) is 0 Å². The molecule has 0 fully saturated rings. The summed E-state index contributed by atoms with van der Waals surface area (Å²) in [7, 11) is 9.32. The van der Waals surface area contributed by atoms with Crippen molar-refractivity contribution in [1.29, 1.82) is 0 Å². The van der Waals surface area contributed by atoms with E-state index < -0.39 is 0 Å². The van der Waals surface area contributed by atoms with Crippen LogP contribution >= 0.6 is 0 Å². The normalized spacial score (nSPS) is 11.3.